The Labute approximate surface area is 64.8 Å². The Kier molecular flexibility index (Phi) is 3.23. The molecule has 4 heteroatoms. The maximum Gasteiger partial charge on any atom is 0.131 e. The summed E-state index contributed by atoms with van der Waals surface area (Å²) in [5.74, 6) is -0.442. The zero-order valence-corrected chi connectivity index (χ0v) is 6.24. The summed E-state index contributed by atoms with van der Waals surface area (Å²) in [5, 5.41) is 17.7. The van der Waals surface area contributed by atoms with Crippen molar-refractivity contribution in [3.8, 4) is 0 Å². The van der Waals surface area contributed by atoms with Gasteiger partial charge >= 0.3 is 0 Å². The van der Waals surface area contributed by atoms with Crippen molar-refractivity contribution in [2.45, 2.75) is 18.7 Å². The van der Waals surface area contributed by atoms with E-state index in [1.807, 2.05) is 0 Å². The Hall–Kier alpha value is -0.190. The smallest absolute Gasteiger partial charge is 0.131 e. The van der Waals surface area contributed by atoms with E-state index in [1.165, 1.54) is 0 Å². The molecule has 2 N–H and O–H groups in total. The molecule has 0 aromatic heterocycles. The first-order valence-corrected chi connectivity index (χ1v) is 3.76. The highest BCUT2D eigenvalue weighted by atomic mass is 19.1. The summed E-state index contributed by atoms with van der Waals surface area (Å²) < 4.78 is 17.6. The van der Waals surface area contributed by atoms with Crippen LogP contribution in [0.3, 0.4) is 0 Å². The summed E-state index contributed by atoms with van der Waals surface area (Å²) in [5.41, 5.74) is 0. The fraction of sp³-hybridized carbons (Fsp3) is 1.00. The van der Waals surface area contributed by atoms with E-state index in [1.54, 1.807) is 0 Å². The van der Waals surface area contributed by atoms with Gasteiger partial charge in [-0.05, 0) is 6.42 Å². The van der Waals surface area contributed by atoms with Gasteiger partial charge in [-0.2, -0.15) is 0 Å². The second kappa shape index (κ2) is 3.99. The summed E-state index contributed by atoms with van der Waals surface area (Å²) in [6.45, 7) is 0.236. The van der Waals surface area contributed by atoms with Crippen molar-refractivity contribution in [3.63, 3.8) is 0 Å². The van der Waals surface area contributed by atoms with Gasteiger partial charge in [0, 0.05) is 12.5 Å². The molecule has 1 aliphatic rings. The van der Waals surface area contributed by atoms with Gasteiger partial charge in [0.25, 0.3) is 0 Å². The third-order valence-corrected chi connectivity index (χ3v) is 1.97. The summed E-state index contributed by atoms with van der Waals surface area (Å²) in [6, 6.07) is 0. The molecule has 3 atom stereocenters. The molecule has 0 radical (unpaired) electrons. The predicted octanol–water partition coefficient (Wildman–Crippen LogP) is -0.286. The van der Waals surface area contributed by atoms with Crippen molar-refractivity contribution in [1.82, 2.24) is 0 Å². The minimum Gasteiger partial charge on any atom is -0.396 e. The highest BCUT2D eigenvalue weighted by Crippen LogP contribution is 2.21. The monoisotopic (exact) mass is 164 g/mol. The Bertz CT molecular complexity index is 120. The van der Waals surface area contributed by atoms with Crippen LogP contribution in [0.1, 0.15) is 6.42 Å². The Morgan fingerprint density at radius 3 is 2.73 bits per heavy atom. The van der Waals surface area contributed by atoms with Gasteiger partial charge in [0.2, 0.25) is 0 Å². The van der Waals surface area contributed by atoms with Gasteiger partial charge < -0.3 is 14.9 Å². The van der Waals surface area contributed by atoms with Crippen molar-refractivity contribution < 1.29 is 19.3 Å². The van der Waals surface area contributed by atoms with Crippen molar-refractivity contribution in [2.75, 3.05) is 19.8 Å². The van der Waals surface area contributed by atoms with Crippen LogP contribution in [0.2, 0.25) is 0 Å². The molecule has 2 unspecified atom stereocenters. The number of hydrogen-bond acceptors (Lipinski definition) is 3. The molecule has 0 amide bonds. The average molecular weight is 164 g/mol. The molecule has 1 rings (SSSR count). The molecule has 0 aliphatic carbocycles. The first-order chi connectivity index (χ1) is 5.25. The largest absolute Gasteiger partial charge is 0.396 e. The van der Waals surface area contributed by atoms with Gasteiger partial charge in [0.05, 0.1) is 19.3 Å². The van der Waals surface area contributed by atoms with Gasteiger partial charge in [-0.1, -0.05) is 0 Å². The fourth-order valence-electron chi connectivity index (χ4n) is 1.24. The lowest BCUT2D eigenvalue weighted by atomic mass is 9.98. The van der Waals surface area contributed by atoms with Crippen LogP contribution in [-0.4, -0.2) is 42.3 Å². The molecular formula is C7H13FO3. The molecule has 0 aromatic rings. The number of rotatable bonds is 3. The van der Waals surface area contributed by atoms with Gasteiger partial charge in [-0.25, -0.2) is 4.39 Å². The maximum atomic E-state index is 12.8. The summed E-state index contributed by atoms with van der Waals surface area (Å²) in [7, 11) is 0. The zero-order valence-electron chi connectivity index (χ0n) is 6.24. The topological polar surface area (TPSA) is 49.7 Å². The van der Waals surface area contributed by atoms with Crippen LogP contribution in [0.15, 0.2) is 0 Å². The van der Waals surface area contributed by atoms with E-state index in [2.05, 4.69) is 0 Å². The normalized spacial score (nSPS) is 34.1. The van der Waals surface area contributed by atoms with Crippen molar-refractivity contribution >= 4 is 0 Å². The highest BCUT2D eigenvalue weighted by molar-refractivity contribution is 4.80. The van der Waals surface area contributed by atoms with E-state index in [4.69, 9.17) is 9.84 Å². The maximum absolute atomic E-state index is 12.8. The number of aliphatic hydroxyl groups excluding tert-OH is 2. The van der Waals surface area contributed by atoms with Crippen LogP contribution < -0.4 is 0 Å². The number of halogens is 1. The third kappa shape index (κ3) is 2.12. The molecule has 1 heterocycles. The quantitative estimate of drug-likeness (QED) is 0.603. The van der Waals surface area contributed by atoms with Gasteiger partial charge in [0.15, 0.2) is 0 Å². The Morgan fingerprint density at radius 1 is 1.55 bits per heavy atom. The van der Waals surface area contributed by atoms with Gasteiger partial charge in [-0.3, -0.25) is 0 Å². The molecule has 1 saturated heterocycles. The molecule has 0 bridgehead atoms. The predicted molar refractivity (Wildman–Crippen MR) is 36.9 cm³/mol. The molecular weight excluding hydrogens is 151 g/mol. The third-order valence-electron chi connectivity index (χ3n) is 1.97. The summed E-state index contributed by atoms with van der Waals surface area (Å²) in [4.78, 5) is 0. The second-order valence-electron chi connectivity index (χ2n) is 2.80. The molecule has 11 heavy (non-hydrogen) atoms. The Morgan fingerprint density at radius 2 is 2.27 bits per heavy atom. The van der Waals surface area contributed by atoms with Gasteiger partial charge in [0.1, 0.15) is 6.17 Å². The Balaban J connectivity index is 2.33. The molecule has 0 spiro atoms. The molecule has 0 saturated carbocycles. The summed E-state index contributed by atoms with van der Waals surface area (Å²) >= 11 is 0. The second-order valence-corrected chi connectivity index (χ2v) is 2.80. The van der Waals surface area contributed by atoms with Gasteiger partial charge in [-0.15, -0.1) is 0 Å². The lowest BCUT2D eigenvalue weighted by Crippen LogP contribution is -2.28. The van der Waals surface area contributed by atoms with E-state index >= 15 is 0 Å². The van der Waals surface area contributed by atoms with E-state index in [0.29, 0.717) is 0 Å². The van der Waals surface area contributed by atoms with E-state index < -0.39 is 18.2 Å². The number of ether oxygens (including phenoxy) is 1. The fourth-order valence-corrected chi connectivity index (χ4v) is 1.24. The number of aliphatic hydroxyl groups is 2. The van der Waals surface area contributed by atoms with E-state index in [0.717, 1.165) is 0 Å². The highest BCUT2D eigenvalue weighted by Gasteiger charge is 2.33. The van der Waals surface area contributed by atoms with Crippen LogP contribution >= 0.6 is 0 Å². The number of hydrogen-bond donors (Lipinski definition) is 2. The first kappa shape index (κ1) is 8.90. The SMILES string of the molecule is OCC[C@H](O)C1COCC1F. The molecule has 66 valence electrons. The molecule has 0 aromatic carbocycles. The van der Waals surface area contributed by atoms with Crippen molar-refractivity contribution in [3.05, 3.63) is 0 Å². The van der Waals surface area contributed by atoms with E-state index in [9.17, 15) is 9.50 Å². The lowest BCUT2D eigenvalue weighted by molar-refractivity contribution is 0.0519. The van der Waals surface area contributed by atoms with Crippen LogP contribution in [0.5, 0.6) is 0 Å². The minimum atomic E-state index is -1.07. The minimum absolute atomic E-state index is 0.0765. The molecule has 3 nitrogen and oxygen atoms in total. The molecule has 1 fully saturated rings. The van der Waals surface area contributed by atoms with Crippen LogP contribution in [0.4, 0.5) is 4.39 Å². The molecule has 1 aliphatic heterocycles. The summed E-state index contributed by atoms with van der Waals surface area (Å²) in [6.07, 6.45) is -1.61. The average Bonchev–Trinajstić information content (AvgIpc) is 2.36. The number of alkyl halides is 1. The standard InChI is InChI=1S/C7H13FO3/c8-6-4-11-3-5(6)7(10)1-2-9/h5-7,9-10H,1-4H2/t5?,6?,7-/m0/s1. The van der Waals surface area contributed by atoms with Crippen LogP contribution in [0, 0.1) is 5.92 Å². The van der Waals surface area contributed by atoms with Crippen LogP contribution in [-0.2, 0) is 4.74 Å². The zero-order chi connectivity index (χ0) is 8.27. The van der Waals surface area contributed by atoms with Crippen molar-refractivity contribution in [1.29, 1.82) is 0 Å². The lowest BCUT2D eigenvalue weighted by Gasteiger charge is -2.16. The van der Waals surface area contributed by atoms with E-state index in [-0.39, 0.29) is 26.2 Å². The van der Waals surface area contributed by atoms with Crippen molar-refractivity contribution in [2.24, 2.45) is 5.92 Å². The van der Waals surface area contributed by atoms with Crippen LogP contribution in [0.25, 0.3) is 0 Å². The first-order valence-electron chi connectivity index (χ1n) is 3.76.